The van der Waals surface area contributed by atoms with Crippen molar-refractivity contribution in [2.75, 3.05) is 31.1 Å². The third-order valence-corrected chi connectivity index (χ3v) is 5.67. The van der Waals surface area contributed by atoms with Crippen molar-refractivity contribution in [3.63, 3.8) is 0 Å². The molecule has 1 aromatic carbocycles. The normalized spacial score (nSPS) is 14.3. The summed E-state index contributed by atoms with van der Waals surface area (Å²) in [6, 6.07) is 11.7. The fourth-order valence-corrected chi connectivity index (χ4v) is 4.15. The summed E-state index contributed by atoms with van der Waals surface area (Å²) in [6.07, 6.45) is 0. The lowest BCUT2D eigenvalue weighted by molar-refractivity contribution is 0.0746. The van der Waals surface area contributed by atoms with E-state index < -0.39 is 0 Å². The van der Waals surface area contributed by atoms with Crippen LogP contribution in [0.5, 0.6) is 0 Å². The highest BCUT2D eigenvalue weighted by Crippen LogP contribution is 2.20. The average Bonchev–Trinajstić information content (AvgIpc) is 3.05. The van der Waals surface area contributed by atoms with Crippen molar-refractivity contribution in [1.29, 1.82) is 0 Å². The number of halogens is 1. The first-order chi connectivity index (χ1) is 13.9. The van der Waals surface area contributed by atoms with E-state index in [0.717, 1.165) is 45.2 Å². The zero-order valence-corrected chi connectivity index (χ0v) is 18.9. The van der Waals surface area contributed by atoms with Gasteiger partial charge < -0.3 is 9.80 Å². The van der Waals surface area contributed by atoms with Crippen LogP contribution in [0.15, 0.2) is 36.4 Å². The Balaban J connectivity index is 1.50. The van der Waals surface area contributed by atoms with Crippen LogP contribution >= 0.6 is 22.6 Å². The second kappa shape index (κ2) is 8.10. The molecule has 3 aromatic rings. The van der Waals surface area contributed by atoms with Gasteiger partial charge in [0.1, 0.15) is 11.6 Å². The molecule has 4 rings (SSSR count). The molecule has 0 unspecified atom stereocenters. The smallest absolute Gasteiger partial charge is 0.254 e. The summed E-state index contributed by atoms with van der Waals surface area (Å²) < 4.78 is 2.92. The maximum absolute atomic E-state index is 12.8. The van der Waals surface area contributed by atoms with Gasteiger partial charge in [-0.1, -0.05) is 6.07 Å². The topological polar surface area (TPSA) is 67.2 Å². The van der Waals surface area contributed by atoms with Crippen molar-refractivity contribution in [1.82, 2.24) is 24.6 Å². The highest BCUT2D eigenvalue weighted by Gasteiger charge is 2.24. The summed E-state index contributed by atoms with van der Waals surface area (Å²) >= 11 is 2.23. The lowest BCUT2D eigenvalue weighted by atomic mass is 10.2. The van der Waals surface area contributed by atoms with E-state index >= 15 is 0 Å². The minimum atomic E-state index is 0.0883. The molecule has 0 saturated carbocycles. The van der Waals surface area contributed by atoms with Crippen LogP contribution < -0.4 is 4.90 Å². The van der Waals surface area contributed by atoms with E-state index in [4.69, 9.17) is 0 Å². The number of aromatic nitrogens is 4. The van der Waals surface area contributed by atoms with Gasteiger partial charge in [-0.25, -0.2) is 14.6 Å². The predicted octanol–water partition coefficient (Wildman–Crippen LogP) is 3.15. The lowest BCUT2D eigenvalue weighted by Crippen LogP contribution is -2.49. The number of anilines is 1. The molecule has 0 spiro atoms. The monoisotopic (exact) mass is 502 g/mol. The average molecular weight is 502 g/mol. The standard InChI is InChI=1S/C21H23IN6O/c1-14-11-15(2)28(25-14)20-13-19(23-16(3)24-20)26-7-9-27(10-8-26)21(29)17-5-4-6-18(22)12-17/h4-6,11-13H,7-10H2,1-3H3. The van der Waals surface area contributed by atoms with Gasteiger partial charge in [-0.2, -0.15) is 5.10 Å². The summed E-state index contributed by atoms with van der Waals surface area (Å²) in [5.74, 6) is 2.45. The van der Waals surface area contributed by atoms with E-state index in [2.05, 4.69) is 42.6 Å². The number of nitrogens with zero attached hydrogens (tertiary/aromatic N) is 6. The molecule has 1 saturated heterocycles. The molecule has 0 radical (unpaired) electrons. The van der Waals surface area contributed by atoms with Gasteiger partial charge in [-0.15, -0.1) is 0 Å². The van der Waals surface area contributed by atoms with Crippen molar-refractivity contribution in [3.8, 4) is 5.82 Å². The first-order valence-electron chi connectivity index (χ1n) is 9.60. The fraction of sp³-hybridized carbons (Fsp3) is 0.333. The Hall–Kier alpha value is -2.49. The molecule has 8 heteroatoms. The molecular formula is C21H23IN6O. The number of carbonyl (C=O) groups excluding carboxylic acids is 1. The SMILES string of the molecule is Cc1cc(C)n(-c2cc(N3CCN(C(=O)c4cccc(I)c4)CC3)nc(C)n2)n1. The maximum atomic E-state index is 12.8. The summed E-state index contributed by atoms with van der Waals surface area (Å²) in [7, 11) is 0. The molecule has 0 N–H and O–H groups in total. The van der Waals surface area contributed by atoms with Gasteiger partial charge in [0.15, 0.2) is 5.82 Å². The molecule has 1 aliphatic heterocycles. The Labute approximate surface area is 183 Å². The molecule has 3 heterocycles. The van der Waals surface area contributed by atoms with Crippen molar-refractivity contribution >= 4 is 34.3 Å². The molecule has 150 valence electrons. The minimum Gasteiger partial charge on any atom is -0.353 e. The molecule has 29 heavy (non-hydrogen) atoms. The van der Waals surface area contributed by atoms with Crippen LogP contribution in [-0.4, -0.2) is 56.7 Å². The zero-order valence-electron chi connectivity index (χ0n) is 16.8. The Morgan fingerprint density at radius 3 is 2.34 bits per heavy atom. The fourth-order valence-electron chi connectivity index (χ4n) is 3.61. The number of hydrogen-bond donors (Lipinski definition) is 0. The molecule has 2 aromatic heterocycles. The summed E-state index contributed by atoms with van der Waals surface area (Å²) in [6.45, 7) is 8.71. The molecular weight excluding hydrogens is 479 g/mol. The van der Waals surface area contributed by atoms with Crippen LogP contribution in [0, 0.1) is 24.3 Å². The van der Waals surface area contributed by atoms with Crippen LogP contribution in [0.3, 0.4) is 0 Å². The number of amides is 1. The van der Waals surface area contributed by atoms with Crippen LogP contribution in [0.4, 0.5) is 5.82 Å². The third-order valence-electron chi connectivity index (χ3n) is 5.00. The summed E-state index contributed by atoms with van der Waals surface area (Å²) in [4.78, 5) is 26.1. The molecule has 0 atom stereocenters. The number of rotatable bonds is 3. The van der Waals surface area contributed by atoms with Gasteiger partial charge in [0.2, 0.25) is 0 Å². The molecule has 1 amide bonds. The van der Waals surface area contributed by atoms with E-state index in [-0.39, 0.29) is 5.91 Å². The van der Waals surface area contributed by atoms with Crippen LogP contribution in [0.25, 0.3) is 5.82 Å². The highest BCUT2D eigenvalue weighted by atomic mass is 127. The number of aryl methyl sites for hydroxylation is 3. The Bertz CT molecular complexity index is 1060. The Morgan fingerprint density at radius 2 is 1.69 bits per heavy atom. The van der Waals surface area contributed by atoms with Gasteiger partial charge in [-0.3, -0.25) is 4.79 Å². The van der Waals surface area contributed by atoms with E-state index in [1.54, 1.807) is 0 Å². The van der Waals surface area contributed by atoms with Crippen LogP contribution in [0.1, 0.15) is 27.6 Å². The summed E-state index contributed by atoms with van der Waals surface area (Å²) in [5.41, 5.74) is 2.75. The number of carbonyl (C=O) groups is 1. The van der Waals surface area contributed by atoms with Crippen molar-refractivity contribution in [2.24, 2.45) is 0 Å². The second-order valence-corrected chi connectivity index (χ2v) is 8.51. The van der Waals surface area contributed by atoms with Crippen LogP contribution in [-0.2, 0) is 0 Å². The number of hydrogen-bond acceptors (Lipinski definition) is 5. The van der Waals surface area contributed by atoms with Gasteiger partial charge >= 0.3 is 0 Å². The first-order valence-corrected chi connectivity index (χ1v) is 10.7. The number of benzene rings is 1. The van der Waals surface area contributed by atoms with Gasteiger partial charge in [0.25, 0.3) is 5.91 Å². The van der Waals surface area contributed by atoms with E-state index in [0.29, 0.717) is 18.9 Å². The van der Waals surface area contributed by atoms with Crippen molar-refractivity contribution in [3.05, 3.63) is 62.7 Å². The maximum Gasteiger partial charge on any atom is 0.254 e. The molecule has 0 aliphatic carbocycles. The molecule has 7 nitrogen and oxygen atoms in total. The Morgan fingerprint density at radius 1 is 0.966 bits per heavy atom. The van der Waals surface area contributed by atoms with Crippen molar-refractivity contribution < 1.29 is 4.79 Å². The van der Waals surface area contributed by atoms with Gasteiger partial charge in [0.05, 0.1) is 5.69 Å². The Kier molecular flexibility index (Phi) is 5.53. The molecule has 1 fully saturated rings. The minimum absolute atomic E-state index is 0.0883. The van der Waals surface area contributed by atoms with Crippen LogP contribution in [0.2, 0.25) is 0 Å². The van der Waals surface area contributed by atoms with E-state index in [9.17, 15) is 4.79 Å². The molecule has 0 bridgehead atoms. The quantitative estimate of drug-likeness (QED) is 0.515. The van der Waals surface area contributed by atoms with E-state index in [1.165, 1.54) is 0 Å². The highest BCUT2D eigenvalue weighted by molar-refractivity contribution is 14.1. The van der Waals surface area contributed by atoms with E-state index in [1.807, 2.05) is 66.8 Å². The van der Waals surface area contributed by atoms with Gasteiger partial charge in [0, 0.05) is 47.1 Å². The second-order valence-electron chi connectivity index (χ2n) is 7.26. The predicted molar refractivity (Wildman–Crippen MR) is 121 cm³/mol. The largest absolute Gasteiger partial charge is 0.353 e. The third kappa shape index (κ3) is 4.26. The first kappa shape index (κ1) is 19.8. The molecule has 1 aliphatic rings. The zero-order chi connectivity index (χ0) is 20.5. The number of piperazine rings is 1. The van der Waals surface area contributed by atoms with Crippen molar-refractivity contribution in [2.45, 2.75) is 20.8 Å². The van der Waals surface area contributed by atoms with Gasteiger partial charge in [-0.05, 0) is 67.6 Å². The summed E-state index contributed by atoms with van der Waals surface area (Å²) in [5, 5.41) is 4.54. The lowest BCUT2D eigenvalue weighted by Gasteiger charge is -2.35.